The molecule has 1 N–H and O–H groups in total. The molecular formula is C10H17N3O2. The fourth-order valence-electron chi connectivity index (χ4n) is 1.04. The van der Waals surface area contributed by atoms with Gasteiger partial charge in [0.2, 0.25) is 0 Å². The van der Waals surface area contributed by atoms with E-state index in [1.807, 2.05) is 26.0 Å². The third-order valence-electron chi connectivity index (χ3n) is 1.68. The van der Waals surface area contributed by atoms with Crippen LogP contribution in [0.2, 0.25) is 0 Å². The Kier molecular flexibility index (Phi) is 7.57. The molecule has 15 heavy (non-hydrogen) atoms. The van der Waals surface area contributed by atoms with Crippen LogP contribution in [-0.4, -0.2) is 48.5 Å². The number of hydrogen-bond acceptors (Lipinski definition) is 5. The fraction of sp³-hybridized carbons (Fsp3) is 0.800. The second-order valence-corrected chi connectivity index (χ2v) is 3.52. The fourth-order valence-corrected chi connectivity index (χ4v) is 1.04. The lowest BCUT2D eigenvalue weighted by Crippen LogP contribution is -2.36. The Bertz CT molecular complexity index is 226. The first kappa shape index (κ1) is 13.9. The van der Waals surface area contributed by atoms with Crippen LogP contribution >= 0.6 is 0 Å². The van der Waals surface area contributed by atoms with Crippen molar-refractivity contribution in [2.45, 2.75) is 26.1 Å². The van der Waals surface area contributed by atoms with Gasteiger partial charge in [0.05, 0.1) is 44.0 Å². The number of nitriles is 2. The molecule has 84 valence electrons. The smallest absolute Gasteiger partial charge is 0.0901 e. The van der Waals surface area contributed by atoms with Crippen molar-refractivity contribution in [1.29, 1.82) is 10.5 Å². The van der Waals surface area contributed by atoms with E-state index in [0.717, 1.165) is 0 Å². The highest BCUT2D eigenvalue weighted by Gasteiger charge is 2.11. The van der Waals surface area contributed by atoms with Crippen molar-refractivity contribution in [3.05, 3.63) is 0 Å². The Balaban J connectivity index is 3.84. The van der Waals surface area contributed by atoms with Gasteiger partial charge in [0, 0.05) is 6.54 Å². The van der Waals surface area contributed by atoms with E-state index in [4.69, 9.17) is 15.3 Å². The Morgan fingerprint density at radius 2 is 1.80 bits per heavy atom. The molecule has 0 rings (SSSR count). The maximum Gasteiger partial charge on any atom is 0.0901 e. The van der Waals surface area contributed by atoms with Gasteiger partial charge in [0.1, 0.15) is 0 Å². The Morgan fingerprint density at radius 3 is 2.20 bits per heavy atom. The second kappa shape index (κ2) is 8.19. The summed E-state index contributed by atoms with van der Waals surface area (Å²) < 4.78 is 5.22. The van der Waals surface area contributed by atoms with Gasteiger partial charge in [-0.1, -0.05) is 0 Å². The summed E-state index contributed by atoms with van der Waals surface area (Å²) in [5.74, 6) is 0. The van der Waals surface area contributed by atoms with Crippen molar-refractivity contribution < 1.29 is 9.84 Å². The highest BCUT2D eigenvalue weighted by atomic mass is 16.5. The van der Waals surface area contributed by atoms with E-state index in [1.54, 1.807) is 4.90 Å². The summed E-state index contributed by atoms with van der Waals surface area (Å²) in [7, 11) is 0. The van der Waals surface area contributed by atoms with Crippen LogP contribution in [0.1, 0.15) is 13.8 Å². The molecule has 5 nitrogen and oxygen atoms in total. The lowest BCUT2D eigenvalue weighted by Gasteiger charge is -2.20. The highest BCUT2D eigenvalue weighted by Crippen LogP contribution is 1.95. The number of hydrogen-bond donors (Lipinski definition) is 1. The zero-order valence-electron chi connectivity index (χ0n) is 9.18. The van der Waals surface area contributed by atoms with Crippen LogP contribution in [-0.2, 0) is 4.74 Å². The van der Waals surface area contributed by atoms with Gasteiger partial charge in [-0.15, -0.1) is 0 Å². The maximum atomic E-state index is 9.54. The van der Waals surface area contributed by atoms with Crippen molar-refractivity contribution in [2.24, 2.45) is 0 Å². The van der Waals surface area contributed by atoms with Gasteiger partial charge >= 0.3 is 0 Å². The van der Waals surface area contributed by atoms with E-state index in [9.17, 15) is 5.11 Å². The molecule has 0 aliphatic carbocycles. The molecule has 0 amide bonds. The van der Waals surface area contributed by atoms with Gasteiger partial charge in [-0.05, 0) is 13.8 Å². The van der Waals surface area contributed by atoms with E-state index in [2.05, 4.69) is 0 Å². The van der Waals surface area contributed by atoms with Crippen molar-refractivity contribution in [3.63, 3.8) is 0 Å². The average molecular weight is 211 g/mol. The molecular weight excluding hydrogens is 194 g/mol. The Morgan fingerprint density at radius 1 is 1.27 bits per heavy atom. The number of nitrogens with zero attached hydrogens (tertiary/aromatic N) is 3. The van der Waals surface area contributed by atoms with Crippen LogP contribution in [0.3, 0.4) is 0 Å². The zero-order valence-corrected chi connectivity index (χ0v) is 9.18. The largest absolute Gasteiger partial charge is 0.389 e. The molecule has 1 atom stereocenters. The molecule has 0 radical (unpaired) electrons. The van der Waals surface area contributed by atoms with Crippen molar-refractivity contribution in [3.8, 4) is 12.1 Å². The average Bonchev–Trinajstić information content (AvgIpc) is 2.15. The van der Waals surface area contributed by atoms with E-state index in [0.29, 0.717) is 0 Å². The van der Waals surface area contributed by atoms with Crippen LogP contribution in [0.15, 0.2) is 0 Å². The molecule has 0 aliphatic heterocycles. The predicted molar refractivity (Wildman–Crippen MR) is 54.8 cm³/mol. The summed E-state index contributed by atoms with van der Waals surface area (Å²) in [5, 5.41) is 26.5. The number of rotatable bonds is 7. The van der Waals surface area contributed by atoms with E-state index in [-0.39, 0.29) is 32.3 Å². The quantitative estimate of drug-likeness (QED) is 0.605. The van der Waals surface area contributed by atoms with Crippen LogP contribution in [0.4, 0.5) is 0 Å². The van der Waals surface area contributed by atoms with Crippen LogP contribution < -0.4 is 0 Å². The Hall–Kier alpha value is -1.14. The molecule has 5 heteroatoms. The molecule has 0 heterocycles. The molecule has 0 fully saturated rings. The third kappa shape index (κ3) is 7.90. The van der Waals surface area contributed by atoms with E-state index < -0.39 is 6.10 Å². The van der Waals surface area contributed by atoms with Crippen LogP contribution in [0.5, 0.6) is 0 Å². The predicted octanol–water partition coefficient (Wildman–Crippen LogP) is 0.121. The monoisotopic (exact) mass is 211 g/mol. The molecule has 1 unspecified atom stereocenters. The minimum atomic E-state index is -0.658. The molecule has 0 saturated heterocycles. The maximum absolute atomic E-state index is 9.54. The summed E-state index contributed by atoms with van der Waals surface area (Å²) in [6.07, 6.45) is -0.589. The molecule has 0 bridgehead atoms. The van der Waals surface area contributed by atoms with Crippen molar-refractivity contribution >= 4 is 0 Å². The normalized spacial score (nSPS) is 12.5. The van der Waals surface area contributed by atoms with Gasteiger partial charge in [-0.25, -0.2) is 0 Å². The summed E-state index contributed by atoms with van der Waals surface area (Å²) >= 11 is 0. The first-order valence-corrected chi connectivity index (χ1v) is 4.86. The standard InChI is InChI=1S/C10H17N3O2/c1-9(2)15-8-10(14)7-13(5-3-11)6-4-12/h9-10,14H,5-8H2,1-2H3. The van der Waals surface area contributed by atoms with Gasteiger partial charge in [-0.3, -0.25) is 4.90 Å². The van der Waals surface area contributed by atoms with Gasteiger partial charge in [-0.2, -0.15) is 10.5 Å². The second-order valence-electron chi connectivity index (χ2n) is 3.52. The molecule has 0 aromatic carbocycles. The number of ether oxygens (including phenoxy) is 1. The first-order valence-electron chi connectivity index (χ1n) is 4.86. The lowest BCUT2D eigenvalue weighted by atomic mass is 10.3. The summed E-state index contributed by atoms with van der Waals surface area (Å²) in [4.78, 5) is 1.58. The van der Waals surface area contributed by atoms with E-state index in [1.165, 1.54) is 0 Å². The molecule has 0 saturated carbocycles. The number of aliphatic hydroxyl groups is 1. The minimum Gasteiger partial charge on any atom is -0.389 e. The van der Waals surface area contributed by atoms with Gasteiger partial charge < -0.3 is 9.84 Å². The molecule has 0 aromatic rings. The summed E-state index contributed by atoms with van der Waals surface area (Å²) in [6, 6.07) is 3.89. The third-order valence-corrected chi connectivity index (χ3v) is 1.68. The molecule has 0 aromatic heterocycles. The molecule has 0 aliphatic rings. The highest BCUT2D eigenvalue weighted by molar-refractivity contribution is 4.84. The summed E-state index contributed by atoms with van der Waals surface area (Å²) in [6.45, 7) is 4.57. The lowest BCUT2D eigenvalue weighted by molar-refractivity contribution is -0.00563. The SMILES string of the molecule is CC(C)OCC(O)CN(CC#N)CC#N. The summed E-state index contributed by atoms with van der Waals surface area (Å²) in [5.41, 5.74) is 0. The van der Waals surface area contributed by atoms with Crippen LogP contribution in [0, 0.1) is 22.7 Å². The topological polar surface area (TPSA) is 80.3 Å². The van der Waals surface area contributed by atoms with Gasteiger partial charge in [0.25, 0.3) is 0 Å². The van der Waals surface area contributed by atoms with Crippen LogP contribution in [0.25, 0.3) is 0 Å². The van der Waals surface area contributed by atoms with E-state index >= 15 is 0 Å². The van der Waals surface area contributed by atoms with Crippen molar-refractivity contribution in [2.75, 3.05) is 26.2 Å². The minimum absolute atomic E-state index is 0.0695. The van der Waals surface area contributed by atoms with Crippen molar-refractivity contribution in [1.82, 2.24) is 4.90 Å². The molecule has 0 spiro atoms. The first-order chi connectivity index (χ1) is 7.10. The zero-order chi connectivity index (χ0) is 11.7. The van der Waals surface area contributed by atoms with Gasteiger partial charge in [0.15, 0.2) is 0 Å². The Labute approximate surface area is 90.5 Å². The number of aliphatic hydroxyl groups excluding tert-OH is 1.